The highest BCUT2D eigenvalue weighted by atomic mass is 35.5. The molecule has 5 rings (SSSR count). The van der Waals surface area contributed by atoms with E-state index in [1.165, 1.54) is 0 Å². The van der Waals surface area contributed by atoms with Crippen molar-refractivity contribution in [2.45, 2.75) is 101 Å². The number of ether oxygens (including phenoxy) is 1. The van der Waals surface area contributed by atoms with Gasteiger partial charge in [-0.05, 0) is 111 Å². The number of hydrogen-bond donors (Lipinski definition) is 2. The van der Waals surface area contributed by atoms with Crippen molar-refractivity contribution in [2.24, 2.45) is 0 Å². The molecule has 0 aliphatic heterocycles. The van der Waals surface area contributed by atoms with Gasteiger partial charge < -0.3 is 15.4 Å². The van der Waals surface area contributed by atoms with E-state index >= 15 is 0 Å². The molecule has 0 bridgehead atoms. The van der Waals surface area contributed by atoms with E-state index in [4.69, 9.17) is 21.3 Å². The monoisotopic (exact) mass is 662 g/mol. The Kier molecular flexibility index (Phi) is 10.2. The number of sulfone groups is 1. The van der Waals surface area contributed by atoms with Gasteiger partial charge in [-0.15, -0.1) is 0 Å². The standard InChI is InChI=1S/C36H43ClN4O4S/c1-6-24-18-23(22-46(43,44)32-11-9-8-10-31(32)37)12-17-30(24)26-19-25(7-2)33-27(20-26)21-38-34(41-33)39-28-13-15-29(16-14-28)40-35(42)45-36(3,4)5/h8-12,17-21,28-29H,6-7,13-16,22H2,1-5H3,(H,40,42)(H,38,39,41). The Labute approximate surface area is 277 Å². The van der Waals surface area contributed by atoms with Crippen molar-refractivity contribution in [1.29, 1.82) is 0 Å². The highest BCUT2D eigenvalue weighted by molar-refractivity contribution is 7.90. The van der Waals surface area contributed by atoms with Crippen LogP contribution in [0.1, 0.15) is 77.0 Å². The van der Waals surface area contributed by atoms with E-state index in [1.54, 1.807) is 24.3 Å². The maximum absolute atomic E-state index is 13.1. The molecule has 46 heavy (non-hydrogen) atoms. The molecule has 3 aromatic carbocycles. The van der Waals surface area contributed by atoms with Crippen LogP contribution in [0.5, 0.6) is 0 Å². The molecule has 0 saturated heterocycles. The van der Waals surface area contributed by atoms with Gasteiger partial charge in [-0.1, -0.05) is 55.8 Å². The Morgan fingerprint density at radius 2 is 1.65 bits per heavy atom. The molecule has 0 radical (unpaired) electrons. The van der Waals surface area contributed by atoms with Gasteiger partial charge in [-0.3, -0.25) is 0 Å². The molecule has 1 amide bonds. The molecule has 1 aliphatic rings. The van der Waals surface area contributed by atoms with Crippen LogP contribution >= 0.6 is 11.6 Å². The molecule has 8 nitrogen and oxygen atoms in total. The number of anilines is 1. The quantitative estimate of drug-likeness (QED) is 0.185. The number of halogens is 1. The largest absolute Gasteiger partial charge is 0.444 e. The third-order valence-corrected chi connectivity index (χ3v) is 10.5. The molecular weight excluding hydrogens is 620 g/mol. The number of nitrogens with zero attached hydrogens (tertiary/aromatic N) is 2. The second kappa shape index (κ2) is 14.0. The van der Waals surface area contributed by atoms with Crippen LogP contribution < -0.4 is 10.6 Å². The summed E-state index contributed by atoms with van der Waals surface area (Å²) in [6.07, 6.45) is 6.59. The Balaban J connectivity index is 1.31. The second-order valence-electron chi connectivity index (χ2n) is 13.0. The summed E-state index contributed by atoms with van der Waals surface area (Å²) in [6.45, 7) is 9.79. The van der Waals surface area contributed by atoms with E-state index in [0.29, 0.717) is 5.95 Å². The number of alkyl carbamates (subject to hydrolysis) is 1. The third kappa shape index (κ3) is 8.17. The van der Waals surface area contributed by atoms with Crippen LogP contribution in [-0.2, 0) is 33.2 Å². The maximum Gasteiger partial charge on any atom is 0.407 e. The molecule has 0 unspecified atom stereocenters. The number of carbonyl (C=O) groups excluding carboxylic acids is 1. The SMILES string of the molecule is CCc1cc(CS(=O)(=O)c2ccccc2Cl)ccc1-c1cc(CC)c2nc(NC3CCC(NC(=O)OC(C)(C)C)CC3)ncc2c1. The third-order valence-electron chi connectivity index (χ3n) is 8.31. The zero-order chi connectivity index (χ0) is 33.1. The fourth-order valence-corrected chi connectivity index (χ4v) is 7.97. The van der Waals surface area contributed by atoms with Crippen molar-refractivity contribution in [3.05, 3.63) is 82.5 Å². The minimum atomic E-state index is -3.59. The van der Waals surface area contributed by atoms with Gasteiger partial charge >= 0.3 is 6.09 Å². The first-order chi connectivity index (χ1) is 21.8. The topological polar surface area (TPSA) is 110 Å². The minimum absolute atomic E-state index is 0.101. The lowest BCUT2D eigenvalue weighted by Crippen LogP contribution is -2.42. The number of benzene rings is 3. The summed E-state index contributed by atoms with van der Waals surface area (Å²) in [6, 6.07) is 17.1. The van der Waals surface area contributed by atoms with Crippen LogP contribution in [-0.4, -0.2) is 42.2 Å². The number of rotatable bonds is 9. The molecule has 0 spiro atoms. The number of hydrogen-bond acceptors (Lipinski definition) is 7. The molecule has 1 fully saturated rings. The first-order valence-electron chi connectivity index (χ1n) is 16.0. The molecular formula is C36H43ClN4O4S. The lowest BCUT2D eigenvalue weighted by molar-refractivity contribution is 0.0492. The summed E-state index contributed by atoms with van der Waals surface area (Å²) in [7, 11) is -3.59. The number of amides is 1. The fraction of sp³-hybridized carbons (Fsp3) is 0.417. The smallest absolute Gasteiger partial charge is 0.407 e. The summed E-state index contributed by atoms with van der Waals surface area (Å²) in [4.78, 5) is 21.9. The van der Waals surface area contributed by atoms with E-state index in [0.717, 1.165) is 77.2 Å². The highest BCUT2D eigenvalue weighted by Gasteiger charge is 2.25. The molecule has 244 valence electrons. The van der Waals surface area contributed by atoms with Gasteiger partial charge in [0.25, 0.3) is 0 Å². The van der Waals surface area contributed by atoms with Crippen LogP contribution in [0, 0.1) is 0 Å². The van der Waals surface area contributed by atoms with Gasteiger partial charge in [0.15, 0.2) is 9.84 Å². The summed E-state index contributed by atoms with van der Waals surface area (Å²) in [5, 5.41) is 7.70. The summed E-state index contributed by atoms with van der Waals surface area (Å²) < 4.78 is 31.7. The van der Waals surface area contributed by atoms with Crippen LogP contribution in [0.15, 0.2) is 65.7 Å². The molecule has 0 atom stereocenters. The summed E-state index contributed by atoms with van der Waals surface area (Å²) in [5.41, 5.74) is 5.45. The number of nitrogens with one attached hydrogen (secondary N) is 2. The number of aryl methyl sites for hydroxylation is 2. The van der Waals surface area contributed by atoms with Gasteiger partial charge in [0.1, 0.15) is 5.60 Å². The van der Waals surface area contributed by atoms with Crippen molar-refractivity contribution in [3.63, 3.8) is 0 Å². The molecule has 10 heteroatoms. The van der Waals surface area contributed by atoms with Gasteiger partial charge in [-0.2, -0.15) is 0 Å². The molecule has 1 aromatic heterocycles. The average Bonchev–Trinajstić information content (AvgIpc) is 3.00. The van der Waals surface area contributed by atoms with Crippen LogP contribution in [0.3, 0.4) is 0 Å². The van der Waals surface area contributed by atoms with Crippen molar-refractivity contribution < 1.29 is 17.9 Å². The fourth-order valence-electron chi connectivity index (χ4n) is 6.06. The van der Waals surface area contributed by atoms with Crippen molar-refractivity contribution >= 4 is 44.4 Å². The van der Waals surface area contributed by atoms with E-state index < -0.39 is 15.4 Å². The van der Waals surface area contributed by atoms with Crippen molar-refractivity contribution in [2.75, 3.05) is 5.32 Å². The second-order valence-corrected chi connectivity index (χ2v) is 15.4. The summed E-state index contributed by atoms with van der Waals surface area (Å²) in [5.74, 6) is 0.491. The molecule has 2 N–H and O–H groups in total. The Morgan fingerprint density at radius 1 is 0.957 bits per heavy atom. The van der Waals surface area contributed by atoms with Gasteiger partial charge in [-0.25, -0.2) is 23.2 Å². The zero-order valence-corrected chi connectivity index (χ0v) is 28.8. The lowest BCUT2D eigenvalue weighted by Gasteiger charge is -2.30. The van der Waals surface area contributed by atoms with E-state index in [-0.39, 0.29) is 33.8 Å². The van der Waals surface area contributed by atoms with Crippen LogP contribution in [0.2, 0.25) is 5.02 Å². The van der Waals surface area contributed by atoms with E-state index in [2.05, 4.69) is 41.6 Å². The summed E-state index contributed by atoms with van der Waals surface area (Å²) >= 11 is 6.20. The predicted octanol–water partition coefficient (Wildman–Crippen LogP) is 8.30. The lowest BCUT2D eigenvalue weighted by atomic mass is 9.91. The normalized spacial score (nSPS) is 17.1. The van der Waals surface area contributed by atoms with E-state index in [9.17, 15) is 13.2 Å². The average molecular weight is 663 g/mol. The van der Waals surface area contributed by atoms with Gasteiger partial charge in [0.2, 0.25) is 5.95 Å². The first-order valence-corrected chi connectivity index (χ1v) is 18.0. The minimum Gasteiger partial charge on any atom is -0.444 e. The van der Waals surface area contributed by atoms with Gasteiger partial charge in [0, 0.05) is 23.7 Å². The highest BCUT2D eigenvalue weighted by Crippen LogP contribution is 2.33. The Morgan fingerprint density at radius 3 is 2.33 bits per heavy atom. The maximum atomic E-state index is 13.1. The van der Waals surface area contributed by atoms with Crippen LogP contribution in [0.4, 0.5) is 10.7 Å². The van der Waals surface area contributed by atoms with Crippen molar-refractivity contribution in [1.82, 2.24) is 15.3 Å². The molecule has 1 aliphatic carbocycles. The number of fused-ring (bicyclic) bond motifs is 1. The molecule has 1 heterocycles. The Bertz CT molecular complexity index is 1830. The zero-order valence-electron chi connectivity index (χ0n) is 27.2. The molecule has 1 saturated carbocycles. The number of carbonyl (C=O) groups is 1. The van der Waals surface area contributed by atoms with E-state index in [1.807, 2.05) is 45.2 Å². The van der Waals surface area contributed by atoms with Crippen LogP contribution in [0.25, 0.3) is 22.0 Å². The predicted molar refractivity (Wildman–Crippen MR) is 185 cm³/mol. The molecule has 4 aromatic rings. The van der Waals surface area contributed by atoms with Gasteiger partial charge in [0.05, 0.1) is 21.2 Å². The van der Waals surface area contributed by atoms with Crippen molar-refractivity contribution in [3.8, 4) is 11.1 Å². The first kappa shape index (κ1) is 33.7. The number of aromatic nitrogens is 2. The Hall–Kier alpha value is -3.69.